The van der Waals surface area contributed by atoms with E-state index in [0.717, 1.165) is 23.2 Å². The first-order valence-electron chi connectivity index (χ1n) is 5.45. The second-order valence-electron chi connectivity index (χ2n) is 3.89. The summed E-state index contributed by atoms with van der Waals surface area (Å²) in [6, 6.07) is 9.99. The Bertz CT molecular complexity index is 552. The van der Waals surface area contributed by atoms with Gasteiger partial charge in [0.25, 0.3) is 0 Å². The van der Waals surface area contributed by atoms with E-state index in [2.05, 4.69) is 0 Å². The molecule has 0 atom stereocenters. The predicted molar refractivity (Wildman–Crippen MR) is 70.6 cm³/mol. The Hall–Kier alpha value is -1.54. The lowest BCUT2D eigenvalue weighted by Gasteiger charge is -2.09. The van der Waals surface area contributed by atoms with Crippen molar-refractivity contribution < 1.29 is 4.39 Å². The van der Waals surface area contributed by atoms with Crippen LogP contribution in [-0.2, 0) is 6.42 Å². The molecule has 1 nitrogen and oxygen atoms in total. The lowest BCUT2D eigenvalue weighted by molar-refractivity contribution is 0.628. The summed E-state index contributed by atoms with van der Waals surface area (Å²) in [7, 11) is 0. The van der Waals surface area contributed by atoms with Crippen LogP contribution in [0.1, 0.15) is 12.5 Å². The van der Waals surface area contributed by atoms with Crippen molar-refractivity contribution in [1.82, 2.24) is 0 Å². The number of halogens is 2. The molecule has 0 bridgehead atoms. The minimum Gasteiger partial charge on any atom is -0.399 e. The number of hydrogen-bond donors (Lipinski definition) is 1. The second-order valence-corrected chi connectivity index (χ2v) is 4.30. The molecule has 3 heteroatoms. The molecule has 17 heavy (non-hydrogen) atoms. The summed E-state index contributed by atoms with van der Waals surface area (Å²) < 4.78 is 13.2. The molecule has 2 aromatic rings. The van der Waals surface area contributed by atoms with E-state index in [1.54, 1.807) is 6.07 Å². The number of hydrogen-bond acceptors (Lipinski definition) is 1. The van der Waals surface area contributed by atoms with Gasteiger partial charge < -0.3 is 5.73 Å². The normalized spacial score (nSPS) is 10.5. The van der Waals surface area contributed by atoms with Crippen LogP contribution in [0.15, 0.2) is 36.4 Å². The fourth-order valence-electron chi connectivity index (χ4n) is 1.80. The quantitative estimate of drug-likeness (QED) is 0.790. The van der Waals surface area contributed by atoms with E-state index in [0.29, 0.717) is 10.6 Å². The second kappa shape index (κ2) is 4.76. The van der Waals surface area contributed by atoms with Gasteiger partial charge in [-0.3, -0.25) is 0 Å². The molecule has 0 aliphatic heterocycles. The number of anilines is 1. The highest BCUT2D eigenvalue weighted by molar-refractivity contribution is 6.33. The predicted octanol–water partition coefficient (Wildman–Crippen LogP) is 4.29. The van der Waals surface area contributed by atoms with Crippen LogP contribution in [0.3, 0.4) is 0 Å². The van der Waals surface area contributed by atoms with Crippen LogP contribution in [0.4, 0.5) is 10.1 Å². The SMILES string of the molecule is CCc1cc(-c2cc(F)ccc2Cl)ccc1N. The van der Waals surface area contributed by atoms with Crippen LogP contribution >= 0.6 is 11.6 Å². The molecule has 2 N–H and O–H groups in total. The molecule has 0 radical (unpaired) electrons. The van der Waals surface area contributed by atoms with Crippen LogP contribution in [0, 0.1) is 5.82 Å². The summed E-state index contributed by atoms with van der Waals surface area (Å²) in [5, 5.41) is 0.540. The van der Waals surface area contributed by atoms with Crippen molar-refractivity contribution in [2.75, 3.05) is 5.73 Å². The van der Waals surface area contributed by atoms with E-state index < -0.39 is 0 Å². The minimum absolute atomic E-state index is 0.292. The minimum atomic E-state index is -0.292. The molecule has 0 aliphatic carbocycles. The fourth-order valence-corrected chi connectivity index (χ4v) is 2.02. The zero-order valence-corrected chi connectivity index (χ0v) is 10.3. The van der Waals surface area contributed by atoms with Gasteiger partial charge in [-0.25, -0.2) is 4.39 Å². The van der Waals surface area contributed by atoms with Crippen LogP contribution in [-0.4, -0.2) is 0 Å². The molecule has 0 spiro atoms. The van der Waals surface area contributed by atoms with Gasteiger partial charge in [0.15, 0.2) is 0 Å². The van der Waals surface area contributed by atoms with Crippen LogP contribution < -0.4 is 5.73 Å². The van der Waals surface area contributed by atoms with Gasteiger partial charge in [0.05, 0.1) is 0 Å². The highest BCUT2D eigenvalue weighted by Crippen LogP contribution is 2.30. The smallest absolute Gasteiger partial charge is 0.123 e. The van der Waals surface area contributed by atoms with E-state index in [4.69, 9.17) is 17.3 Å². The standard InChI is InChI=1S/C14H13ClFN/c1-2-9-7-10(3-6-14(9)17)12-8-11(16)4-5-13(12)15/h3-8H,2,17H2,1H3. The molecule has 0 saturated carbocycles. The lowest BCUT2D eigenvalue weighted by Crippen LogP contribution is -1.93. The molecular weight excluding hydrogens is 237 g/mol. The number of aryl methyl sites for hydroxylation is 1. The average Bonchev–Trinajstić information content (AvgIpc) is 2.33. The Morgan fingerprint density at radius 3 is 2.65 bits per heavy atom. The molecule has 0 aromatic heterocycles. The average molecular weight is 250 g/mol. The van der Waals surface area contributed by atoms with Gasteiger partial charge in [0.1, 0.15) is 5.82 Å². The Kier molecular flexibility index (Phi) is 3.34. The van der Waals surface area contributed by atoms with Crippen molar-refractivity contribution in [2.24, 2.45) is 0 Å². The van der Waals surface area contributed by atoms with Crippen molar-refractivity contribution >= 4 is 17.3 Å². The highest BCUT2D eigenvalue weighted by atomic mass is 35.5. The molecule has 2 aromatic carbocycles. The molecule has 88 valence electrons. The first kappa shape index (κ1) is 11.9. The Morgan fingerprint density at radius 2 is 1.94 bits per heavy atom. The lowest BCUT2D eigenvalue weighted by atomic mass is 10.0. The monoisotopic (exact) mass is 249 g/mol. The van der Waals surface area contributed by atoms with Gasteiger partial charge in [-0.15, -0.1) is 0 Å². The van der Waals surface area contributed by atoms with Crippen molar-refractivity contribution in [3.63, 3.8) is 0 Å². The maximum Gasteiger partial charge on any atom is 0.123 e. The first-order valence-corrected chi connectivity index (χ1v) is 5.83. The van der Waals surface area contributed by atoms with Crippen LogP contribution in [0.25, 0.3) is 11.1 Å². The molecule has 0 saturated heterocycles. The van der Waals surface area contributed by atoms with E-state index >= 15 is 0 Å². The summed E-state index contributed by atoms with van der Waals surface area (Å²) in [5.41, 5.74) is 9.22. The highest BCUT2D eigenvalue weighted by Gasteiger charge is 2.07. The summed E-state index contributed by atoms with van der Waals surface area (Å²) >= 11 is 6.07. The molecule has 0 unspecified atom stereocenters. The Morgan fingerprint density at radius 1 is 1.18 bits per heavy atom. The van der Waals surface area contributed by atoms with Crippen LogP contribution in [0.5, 0.6) is 0 Å². The molecule has 0 aliphatic rings. The summed E-state index contributed by atoms with van der Waals surface area (Å²) in [6.07, 6.45) is 0.840. The van der Waals surface area contributed by atoms with Gasteiger partial charge in [0.2, 0.25) is 0 Å². The van der Waals surface area contributed by atoms with E-state index in [1.807, 2.05) is 25.1 Å². The maximum absolute atomic E-state index is 13.2. The van der Waals surface area contributed by atoms with Gasteiger partial charge >= 0.3 is 0 Å². The van der Waals surface area contributed by atoms with E-state index in [1.165, 1.54) is 12.1 Å². The molecule has 0 fully saturated rings. The molecule has 0 amide bonds. The maximum atomic E-state index is 13.2. The fraction of sp³-hybridized carbons (Fsp3) is 0.143. The summed E-state index contributed by atoms with van der Waals surface area (Å²) in [4.78, 5) is 0. The van der Waals surface area contributed by atoms with Crippen molar-refractivity contribution in [3.05, 3.63) is 52.8 Å². The third-order valence-electron chi connectivity index (χ3n) is 2.76. The number of benzene rings is 2. The third kappa shape index (κ3) is 2.42. The zero-order valence-electron chi connectivity index (χ0n) is 9.50. The van der Waals surface area contributed by atoms with Gasteiger partial charge in [-0.1, -0.05) is 24.6 Å². The molecular formula is C14H13ClFN. The summed E-state index contributed by atoms with van der Waals surface area (Å²) in [6.45, 7) is 2.03. The van der Waals surface area contributed by atoms with Crippen molar-refractivity contribution in [1.29, 1.82) is 0 Å². The number of rotatable bonds is 2. The molecule has 2 rings (SSSR count). The van der Waals surface area contributed by atoms with Gasteiger partial charge in [-0.2, -0.15) is 0 Å². The van der Waals surface area contributed by atoms with Crippen molar-refractivity contribution in [2.45, 2.75) is 13.3 Å². The molecule has 0 heterocycles. The number of nitrogen functional groups attached to an aromatic ring is 1. The zero-order chi connectivity index (χ0) is 12.4. The van der Waals surface area contributed by atoms with E-state index in [-0.39, 0.29) is 5.82 Å². The Balaban J connectivity index is 2.56. The largest absolute Gasteiger partial charge is 0.399 e. The van der Waals surface area contributed by atoms with Gasteiger partial charge in [0, 0.05) is 16.3 Å². The first-order chi connectivity index (χ1) is 8.11. The summed E-state index contributed by atoms with van der Waals surface area (Å²) in [5.74, 6) is -0.292. The van der Waals surface area contributed by atoms with E-state index in [9.17, 15) is 4.39 Å². The van der Waals surface area contributed by atoms with Gasteiger partial charge in [-0.05, 0) is 47.9 Å². The topological polar surface area (TPSA) is 26.0 Å². The Labute approximate surface area is 105 Å². The third-order valence-corrected chi connectivity index (χ3v) is 3.09. The van der Waals surface area contributed by atoms with Crippen LogP contribution in [0.2, 0.25) is 5.02 Å². The number of nitrogens with two attached hydrogens (primary N) is 1. The van der Waals surface area contributed by atoms with Crippen molar-refractivity contribution in [3.8, 4) is 11.1 Å².